The van der Waals surface area contributed by atoms with Crippen molar-refractivity contribution >= 4 is 28.2 Å². The summed E-state index contributed by atoms with van der Waals surface area (Å²) in [5.74, 6) is -15.5. The molecule has 1 aliphatic heterocycles. The van der Waals surface area contributed by atoms with Crippen LogP contribution in [0.4, 0.5) is 31.4 Å². The summed E-state index contributed by atoms with van der Waals surface area (Å²) in [5.41, 5.74) is 3.34. The third-order valence-electron chi connectivity index (χ3n) is 4.59. The second-order valence-electron chi connectivity index (χ2n) is 6.20. The summed E-state index contributed by atoms with van der Waals surface area (Å²) in [6, 6.07) is 0. The average Bonchev–Trinajstić information content (AvgIpc) is 3.08. The van der Waals surface area contributed by atoms with Crippen LogP contribution in [-0.2, 0) is 13.0 Å². The van der Waals surface area contributed by atoms with E-state index in [0.29, 0.717) is 47.8 Å². The number of primary amides is 1. The fraction of sp³-hybridized carbons (Fsp3) is 0.294. The van der Waals surface area contributed by atoms with Crippen LogP contribution in [-0.4, -0.2) is 29.8 Å². The number of amides is 2. The Balaban J connectivity index is 2.11. The number of nitrogens with zero attached hydrogens (tertiary/aromatic N) is 2. The third-order valence-corrected chi connectivity index (χ3v) is 5.77. The average molecular weight is 437 g/mol. The fourth-order valence-corrected chi connectivity index (χ4v) is 4.38. The molecule has 12 heteroatoms. The molecule has 0 radical (unpaired) electrons. The zero-order chi connectivity index (χ0) is 21.6. The molecule has 0 unspecified atom stereocenters. The van der Waals surface area contributed by atoms with E-state index in [2.05, 4.69) is 0 Å². The van der Waals surface area contributed by atoms with Gasteiger partial charge >= 0.3 is 0 Å². The van der Waals surface area contributed by atoms with Crippen LogP contribution < -0.4 is 10.9 Å². The maximum absolute atomic E-state index is 14.8. The molecule has 2 aromatic rings. The number of carbonyl (C=O) groups excluding carboxylic acids is 2. The zero-order valence-corrected chi connectivity index (χ0v) is 15.6. The number of fused-ring (bicyclic) bond motifs is 1. The highest BCUT2D eigenvalue weighted by Gasteiger charge is 2.37. The Kier molecular flexibility index (Phi) is 5.59. The monoisotopic (exact) mass is 437 g/mol. The van der Waals surface area contributed by atoms with Crippen LogP contribution in [0, 0.1) is 29.1 Å². The lowest BCUT2D eigenvalue weighted by Gasteiger charge is -2.25. The summed E-state index contributed by atoms with van der Waals surface area (Å²) >= 11 is 0.645. The number of carbonyl (C=O) groups is 2. The number of benzene rings is 1. The summed E-state index contributed by atoms with van der Waals surface area (Å²) in [6.07, 6.45) is 0.308. The Bertz CT molecular complexity index is 996. The summed E-state index contributed by atoms with van der Waals surface area (Å²) in [7, 11) is 0. The minimum Gasteiger partial charge on any atom is -0.365 e. The van der Waals surface area contributed by atoms with E-state index < -0.39 is 56.6 Å². The van der Waals surface area contributed by atoms with Crippen molar-refractivity contribution in [3.05, 3.63) is 50.7 Å². The van der Waals surface area contributed by atoms with Gasteiger partial charge in [-0.25, -0.2) is 22.0 Å². The maximum Gasteiger partial charge on any atom is 0.293 e. The van der Waals surface area contributed by atoms with Gasteiger partial charge in [-0.1, -0.05) is 11.4 Å². The van der Waals surface area contributed by atoms with Crippen molar-refractivity contribution in [2.45, 2.75) is 19.9 Å². The minimum absolute atomic E-state index is 0.308. The molecule has 1 aromatic heterocycles. The summed E-state index contributed by atoms with van der Waals surface area (Å²) < 4.78 is 82.5. The van der Waals surface area contributed by atoms with Gasteiger partial charge in [0.05, 0.1) is 5.56 Å². The minimum atomic E-state index is -2.48. The van der Waals surface area contributed by atoms with Gasteiger partial charge in [-0.05, 0) is 18.5 Å². The van der Waals surface area contributed by atoms with Crippen LogP contribution in [0.2, 0.25) is 0 Å². The van der Waals surface area contributed by atoms with E-state index in [4.69, 9.17) is 5.73 Å². The van der Waals surface area contributed by atoms with Crippen molar-refractivity contribution in [3.63, 3.8) is 0 Å². The molecule has 2 amide bonds. The van der Waals surface area contributed by atoms with Crippen molar-refractivity contribution < 1.29 is 36.0 Å². The molecule has 2 heterocycles. The summed E-state index contributed by atoms with van der Waals surface area (Å²) in [4.78, 5) is 26.6. The van der Waals surface area contributed by atoms with E-state index in [-0.39, 0.29) is 5.56 Å². The first-order chi connectivity index (χ1) is 13.6. The second kappa shape index (κ2) is 7.67. The van der Waals surface area contributed by atoms with E-state index in [9.17, 15) is 36.0 Å². The number of hydrogen-bond donors (Lipinski definition) is 1. The Morgan fingerprint density at radius 2 is 1.59 bits per heavy atom. The normalized spacial score (nSPS) is 14.0. The van der Waals surface area contributed by atoms with Crippen LogP contribution in [0.15, 0.2) is 0 Å². The Morgan fingerprint density at radius 1 is 1.03 bits per heavy atom. The van der Waals surface area contributed by atoms with Gasteiger partial charge in [-0.3, -0.25) is 14.5 Å². The number of rotatable bonds is 4. The molecule has 2 N–H and O–H groups in total. The van der Waals surface area contributed by atoms with Crippen LogP contribution in [0.5, 0.6) is 0 Å². The number of thiophene rings is 1. The van der Waals surface area contributed by atoms with E-state index >= 15 is 0 Å². The smallest absolute Gasteiger partial charge is 0.293 e. The molecule has 29 heavy (non-hydrogen) atoms. The quantitative estimate of drug-likeness (QED) is 0.345. The molecule has 0 saturated carbocycles. The Morgan fingerprint density at radius 3 is 2.10 bits per heavy atom. The van der Waals surface area contributed by atoms with Crippen molar-refractivity contribution in [1.29, 1.82) is 0 Å². The topological polar surface area (TPSA) is 66.6 Å². The van der Waals surface area contributed by atoms with Crippen LogP contribution >= 0.6 is 11.3 Å². The van der Waals surface area contributed by atoms with Gasteiger partial charge in [0, 0.05) is 18.0 Å². The lowest BCUT2D eigenvalue weighted by molar-refractivity contribution is 0.0920. The summed E-state index contributed by atoms with van der Waals surface area (Å²) in [6.45, 7) is 3.38. The molecule has 1 aliphatic rings. The van der Waals surface area contributed by atoms with Crippen molar-refractivity contribution in [2.24, 2.45) is 5.73 Å². The summed E-state index contributed by atoms with van der Waals surface area (Å²) in [5, 5.41) is -1.48. The highest BCUT2D eigenvalue weighted by Crippen LogP contribution is 2.40. The number of likely N-dealkylation sites (N-methyl/N-ethyl adjacent to an activating group) is 1. The van der Waals surface area contributed by atoms with Crippen molar-refractivity contribution in [2.75, 3.05) is 18.2 Å². The van der Waals surface area contributed by atoms with E-state index in [1.54, 1.807) is 0 Å². The largest absolute Gasteiger partial charge is 0.365 e. The standard InChI is InChI=1S/C17H13F6N3O2S/c1-2-25-4-3-6-7(5-25)29-17(8(6)15(24)27)26(23)16(28)9-10(18)12(20)14(22)13(21)11(9)19/h2-5H2,1H3,(H2,24,27). The van der Waals surface area contributed by atoms with E-state index in [1.165, 1.54) is 0 Å². The molecule has 0 bridgehead atoms. The third kappa shape index (κ3) is 3.35. The lowest BCUT2D eigenvalue weighted by Crippen LogP contribution is -2.30. The predicted molar refractivity (Wildman–Crippen MR) is 91.6 cm³/mol. The molecule has 1 aromatic carbocycles. The number of anilines is 1. The van der Waals surface area contributed by atoms with Gasteiger partial charge < -0.3 is 5.73 Å². The van der Waals surface area contributed by atoms with Gasteiger partial charge in [-0.15, -0.1) is 16.5 Å². The molecule has 0 atom stereocenters. The molecule has 3 rings (SSSR count). The van der Waals surface area contributed by atoms with Crippen LogP contribution in [0.1, 0.15) is 38.1 Å². The van der Waals surface area contributed by atoms with Crippen LogP contribution in [0.25, 0.3) is 0 Å². The first-order valence-electron chi connectivity index (χ1n) is 8.28. The van der Waals surface area contributed by atoms with E-state index in [1.807, 2.05) is 11.8 Å². The van der Waals surface area contributed by atoms with Gasteiger partial charge in [0.2, 0.25) is 5.82 Å². The van der Waals surface area contributed by atoms with Gasteiger partial charge in [-0.2, -0.15) is 0 Å². The number of hydrogen-bond acceptors (Lipinski definition) is 4. The molecular formula is C17H13F6N3O2S. The molecule has 0 aliphatic carbocycles. The molecule has 0 spiro atoms. The zero-order valence-electron chi connectivity index (χ0n) is 14.8. The molecule has 0 saturated heterocycles. The fourth-order valence-electron chi connectivity index (χ4n) is 3.09. The molecule has 5 nitrogen and oxygen atoms in total. The SMILES string of the molecule is CCN1CCc2c(sc(N(F)C(=O)c3c(F)c(F)c(F)c(F)c3F)c2C(N)=O)C1. The van der Waals surface area contributed by atoms with E-state index in [0.717, 1.165) is 0 Å². The molecular weight excluding hydrogens is 424 g/mol. The number of halogens is 6. The number of nitrogens with two attached hydrogens (primary N) is 1. The van der Waals surface area contributed by atoms with Crippen LogP contribution in [0.3, 0.4) is 0 Å². The lowest BCUT2D eigenvalue weighted by atomic mass is 10.0. The van der Waals surface area contributed by atoms with Gasteiger partial charge in [0.15, 0.2) is 23.3 Å². The van der Waals surface area contributed by atoms with Gasteiger partial charge in [0.1, 0.15) is 10.6 Å². The second-order valence-corrected chi connectivity index (χ2v) is 7.28. The van der Waals surface area contributed by atoms with Crippen molar-refractivity contribution in [1.82, 2.24) is 4.90 Å². The molecule has 0 fully saturated rings. The Hall–Kier alpha value is -2.60. The molecule has 156 valence electrons. The van der Waals surface area contributed by atoms with Gasteiger partial charge in [0.25, 0.3) is 11.8 Å². The Labute approximate surface area is 164 Å². The van der Waals surface area contributed by atoms with Crippen molar-refractivity contribution in [3.8, 4) is 0 Å². The first-order valence-corrected chi connectivity index (χ1v) is 9.10. The first kappa shape index (κ1) is 21.1. The maximum atomic E-state index is 14.8. The predicted octanol–water partition coefficient (Wildman–Crippen LogP) is 3.45. The highest BCUT2D eigenvalue weighted by atomic mass is 32.1. The highest BCUT2D eigenvalue weighted by molar-refractivity contribution is 7.17.